The van der Waals surface area contributed by atoms with Crippen molar-refractivity contribution < 1.29 is 14.0 Å². The van der Waals surface area contributed by atoms with Gasteiger partial charge in [0.1, 0.15) is 5.76 Å². The first-order chi connectivity index (χ1) is 15.2. The van der Waals surface area contributed by atoms with E-state index in [0.717, 1.165) is 29.9 Å². The number of fused-ring (bicyclic) bond motifs is 1. The van der Waals surface area contributed by atoms with Crippen LogP contribution in [0.5, 0.6) is 0 Å². The molecule has 0 aromatic heterocycles. The molecule has 0 saturated heterocycles. The molecule has 1 amide bonds. The third kappa shape index (κ3) is 4.64. The van der Waals surface area contributed by atoms with Crippen molar-refractivity contribution >= 4 is 25.9 Å². The molecule has 1 aliphatic carbocycles. The van der Waals surface area contributed by atoms with Gasteiger partial charge in [0.15, 0.2) is 0 Å². The Labute approximate surface area is 196 Å². The fourth-order valence-corrected chi connectivity index (χ4v) is 11.5. The first-order valence-electron chi connectivity index (χ1n) is 12.7. The zero-order valence-corrected chi connectivity index (χ0v) is 22.2. The van der Waals surface area contributed by atoms with Gasteiger partial charge in [-0.1, -0.05) is 72.9 Å². The first kappa shape index (κ1) is 24.9. The second kappa shape index (κ2) is 10.5. The lowest BCUT2D eigenvalue weighted by atomic mass is 9.81. The quantitative estimate of drug-likeness (QED) is 0.388. The third-order valence-corrected chi connectivity index (χ3v) is 13.6. The number of anilines is 1. The van der Waals surface area contributed by atoms with E-state index < -0.39 is 8.32 Å². The number of hydrogen-bond acceptors (Lipinski definition) is 3. The summed E-state index contributed by atoms with van der Waals surface area (Å²) in [6, 6.07) is 8.21. The molecule has 32 heavy (non-hydrogen) atoms. The Morgan fingerprint density at radius 1 is 1.00 bits per heavy atom. The summed E-state index contributed by atoms with van der Waals surface area (Å²) in [4.78, 5) is 15.1. The fourth-order valence-electron chi connectivity index (χ4n) is 6.24. The highest BCUT2D eigenvalue weighted by Gasteiger charge is 2.48. The van der Waals surface area contributed by atoms with Gasteiger partial charge >= 0.3 is 6.09 Å². The van der Waals surface area contributed by atoms with E-state index in [1.54, 1.807) is 0 Å². The number of carbonyl (C=O) groups is 1. The largest absolute Gasteiger partial charge is 0.542 e. The molecule has 4 nitrogen and oxygen atoms in total. The standard InChI is InChI=1S/C27H43NO3Si/c1-8-30-27(29)28-24-17-13-12-16-23(24)26(18-25(28)22-14-10-9-11-15-22)31-32(19(2)3,20(4)5)21(6)7/h12-13,16-22,25H,8-11,14-15H2,1-7H3. The van der Waals surface area contributed by atoms with E-state index in [1.807, 2.05) is 24.0 Å². The Bertz CT molecular complexity index is 789. The van der Waals surface area contributed by atoms with Crippen molar-refractivity contribution in [3.8, 4) is 0 Å². The third-order valence-electron chi connectivity index (χ3n) is 7.64. The summed E-state index contributed by atoms with van der Waals surface area (Å²) >= 11 is 0. The minimum absolute atomic E-state index is 0.0163. The molecule has 1 saturated carbocycles. The van der Waals surface area contributed by atoms with E-state index in [9.17, 15) is 4.79 Å². The number of nitrogens with zero attached hydrogens (tertiary/aromatic N) is 1. The Kier molecular flexibility index (Phi) is 8.13. The van der Waals surface area contributed by atoms with Crippen LogP contribution < -0.4 is 4.90 Å². The molecule has 3 rings (SSSR count). The average molecular weight is 458 g/mol. The van der Waals surface area contributed by atoms with E-state index in [1.165, 1.54) is 19.3 Å². The van der Waals surface area contributed by atoms with Crippen LogP contribution in [0.3, 0.4) is 0 Å². The summed E-state index contributed by atoms with van der Waals surface area (Å²) < 4.78 is 12.8. The highest BCUT2D eigenvalue weighted by molar-refractivity contribution is 6.78. The topological polar surface area (TPSA) is 38.8 Å². The van der Waals surface area contributed by atoms with E-state index >= 15 is 0 Å². The Hall–Kier alpha value is -1.75. The second-order valence-corrected chi connectivity index (χ2v) is 15.8. The number of benzene rings is 1. The van der Waals surface area contributed by atoms with Crippen LogP contribution in [-0.2, 0) is 9.16 Å². The van der Waals surface area contributed by atoms with Gasteiger partial charge in [0.05, 0.1) is 18.3 Å². The molecule has 2 aliphatic rings. The van der Waals surface area contributed by atoms with Crippen molar-refractivity contribution in [3.05, 3.63) is 35.9 Å². The molecule has 0 N–H and O–H groups in total. The number of amides is 1. The normalized spacial score (nSPS) is 19.9. The van der Waals surface area contributed by atoms with Crippen molar-refractivity contribution in [2.75, 3.05) is 11.5 Å². The summed E-state index contributed by atoms with van der Waals surface area (Å²) in [5.41, 5.74) is 3.43. The second-order valence-electron chi connectivity index (χ2n) is 10.4. The number of ether oxygens (including phenoxy) is 1. The lowest BCUT2D eigenvalue weighted by molar-refractivity contribution is 0.154. The predicted molar refractivity (Wildman–Crippen MR) is 136 cm³/mol. The predicted octanol–water partition coefficient (Wildman–Crippen LogP) is 8.15. The zero-order chi connectivity index (χ0) is 23.5. The minimum Gasteiger partial charge on any atom is -0.542 e. The molecule has 0 bridgehead atoms. The maximum absolute atomic E-state index is 13.2. The molecule has 1 aromatic carbocycles. The Morgan fingerprint density at radius 3 is 2.16 bits per heavy atom. The molecule has 1 fully saturated rings. The number of rotatable bonds is 7. The highest BCUT2D eigenvalue weighted by atomic mass is 28.4. The molecule has 1 heterocycles. The molecular weight excluding hydrogens is 414 g/mol. The van der Waals surface area contributed by atoms with E-state index in [4.69, 9.17) is 9.16 Å². The summed E-state index contributed by atoms with van der Waals surface area (Å²) in [5, 5.41) is 0. The zero-order valence-electron chi connectivity index (χ0n) is 21.2. The number of carbonyl (C=O) groups excluding carboxylic acids is 1. The van der Waals surface area contributed by atoms with Gasteiger partial charge in [-0.3, -0.25) is 4.90 Å². The van der Waals surface area contributed by atoms with Crippen molar-refractivity contribution in [2.24, 2.45) is 5.92 Å². The van der Waals surface area contributed by atoms with Gasteiger partial charge in [-0.25, -0.2) is 4.79 Å². The molecular formula is C27H43NO3Si. The van der Waals surface area contributed by atoms with Gasteiger partial charge in [-0.15, -0.1) is 0 Å². The summed E-state index contributed by atoms with van der Waals surface area (Å²) in [6.07, 6.45) is 8.06. The monoisotopic (exact) mass is 457 g/mol. The van der Waals surface area contributed by atoms with Gasteiger partial charge in [0, 0.05) is 5.56 Å². The fraction of sp³-hybridized carbons (Fsp3) is 0.667. The van der Waals surface area contributed by atoms with Crippen LogP contribution in [0.2, 0.25) is 16.6 Å². The minimum atomic E-state index is -2.13. The van der Waals surface area contributed by atoms with Crippen LogP contribution in [-0.4, -0.2) is 27.1 Å². The van der Waals surface area contributed by atoms with Gasteiger partial charge < -0.3 is 9.16 Å². The van der Waals surface area contributed by atoms with E-state index in [0.29, 0.717) is 29.1 Å². The maximum atomic E-state index is 13.2. The van der Waals surface area contributed by atoms with Crippen LogP contribution in [0.15, 0.2) is 30.3 Å². The smallest absolute Gasteiger partial charge is 0.414 e. The molecule has 178 valence electrons. The molecule has 5 heteroatoms. The lowest BCUT2D eigenvalue weighted by Gasteiger charge is -2.46. The summed E-state index contributed by atoms with van der Waals surface area (Å²) in [6.45, 7) is 16.2. The van der Waals surface area contributed by atoms with Crippen molar-refractivity contribution in [3.63, 3.8) is 0 Å². The Balaban J connectivity index is 2.13. The summed E-state index contributed by atoms with van der Waals surface area (Å²) in [7, 11) is -2.13. The van der Waals surface area contributed by atoms with Gasteiger partial charge in [-0.2, -0.15) is 0 Å². The first-order valence-corrected chi connectivity index (χ1v) is 14.8. The average Bonchev–Trinajstić information content (AvgIpc) is 2.76. The van der Waals surface area contributed by atoms with Crippen LogP contribution in [0, 0.1) is 5.92 Å². The van der Waals surface area contributed by atoms with E-state index in [2.05, 4.69) is 59.8 Å². The van der Waals surface area contributed by atoms with Crippen LogP contribution >= 0.6 is 0 Å². The summed E-state index contributed by atoms with van der Waals surface area (Å²) in [5.74, 6) is 1.42. The molecule has 1 atom stereocenters. The Morgan fingerprint density at radius 2 is 1.59 bits per heavy atom. The van der Waals surface area contributed by atoms with Crippen LogP contribution in [0.4, 0.5) is 10.5 Å². The van der Waals surface area contributed by atoms with Crippen molar-refractivity contribution in [1.29, 1.82) is 0 Å². The van der Waals surface area contributed by atoms with Gasteiger partial charge in [0.2, 0.25) is 0 Å². The SMILES string of the molecule is CCOC(=O)N1c2ccccc2C(O[Si](C(C)C)(C(C)C)C(C)C)=CC1C1CCCCC1. The maximum Gasteiger partial charge on any atom is 0.414 e. The van der Waals surface area contributed by atoms with Crippen molar-refractivity contribution in [2.45, 2.75) is 103 Å². The lowest BCUT2D eigenvalue weighted by Crippen LogP contribution is -2.50. The van der Waals surface area contributed by atoms with Gasteiger partial charge in [-0.05, 0) is 60.5 Å². The van der Waals surface area contributed by atoms with Crippen molar-refractivity contribution in [1.82, 2.24) is 0 Å². The van der Waals surface area contributed by atoms with Crippen LogP contribution in [0.1, 0.15) is 86.1 Å². The molecule has 1 unspecified atom stereocenters. The molecule has 1 aromatic rings. The molecule has 0 radical (unpaired) electrons. The number of para-hydroxylation sites is 1. The molecule has 1 aliphatic heterocycles. The number of hydrogen-bond donors (Lipinski definition) is 0. The highest BCUT2D eigenvalue weighted by Crippen LogP contribution is 2.48. The van der Waals surface area contributed by atoms with Gasteiger partial charge in [0.25, 0.3) is 8.32 Å². The molecule has 0 spiro atoms. The van der Waals surface area contributed by atoms with Crippen LogP contribution in [0.25, 0.3) is 5.76 Å². The van der Waals surface area contributed by atoms with E-state index in [-0.39, 0.29) is 12.1 Å².